The van der Waals surface area contributed by atoms with Gasteiger partial charge in [0.2, 0.25) is 5.89 Å². The molecule has 0 aliphatic heterocycles. The Bertz CT molecular complexity index is 312. The molecule has 1 aromatic heterocycles. The van der Waals surface area contributed by atoms with Gasteiger partial charge in [-0.25, -0.2) is 4.98 Å². The fourth-order valence-corrected chi connectivity index (χ4v) is 1.55. The molecule has 1 heterocycles. The molecule has 0 fully saturated rings. The summed E-state index contributed by atoms with van der Waals surface area (Å²) in [4.78, 5) is 4.29. The second-order valence-electron chi connectivity index (χ2n) is 5.45. The Morgan fingerprint density at radius 2 is 2.12 bits per heavy atom. The molecule has 0 aromatic carbocycles. The van der Waals surface area contributed by atoms with Gasteiger partial charge in [-0.15, -0.1) is 0 Å². The van der Waals surface area contributed by atoms with E-state index in [1.165, 1.54) is 6.42 Å². The van der Waals surface area contributed by atoms with E-state index in [0.29, 0.717) is 12.5 Å². The number of hydrogen-bond acceptors (Lipinski definition) is 3. The van der Waals surface area contributed by atoms with E-state index in [1.54, 1.807) is 0 Å². The van der Waals surface area contributed by atoms with Crippen LogP contribution in [0, 0.1) is 0 Å². The topological polar surface area (TPSA) is 38.1 Å². The van der Waals surface area contributed by atoms with Gasteiger partial charge in [0, 0.05) is 11.5 Å². The fourth-order valence-electron chi connectivity index (χ4n) is 1.55. The van der Waals surface area contributed by atoms with Gasteiger partial charge in [-0.05, 0) is 27.2 Å². The van der Waals surface area contributed by atoms with Crippen LogP contribution in [0.25, 0.3) is 0 Å². The number of oxazole rings is 1. The first-order valence-corrected chi connectivity index (χ1v) is 6.12. The molecular formula is C13H24N2O. The van der Waals surface area contributed by atoms with Gasteiger partial charge in [-0.1, -0.05) is 20.3 Å². The molecule has 1 rings (SSSR count). The molecule has 1 unspecified atom stereocenters. The quantitative estimate of drug-likeness (QED) is 0.832. The molecule has 3 heteroatoms. The lowest BCUT2D eigenvalue weighted by atomic mass is 10.0. The third-order valence-corrected chi connectivity index (χ3v) is 2.55. The Morgan fingerprint density at radius 1 is 1.44 bits per heavy atom. The Labute approximate surface area is 98.6 Å². The molecular weight excluding hydrogens is 200 g/mol. The van der Waals surface area contributed by atoms with Crippen LogP contribution < -0.4 is 5.32 Å². The van der Waals surface area contributed by atoms with E-state index in [2.05, 4.69) is 44.9 Å². The second-order valence-corrected chi connectivity index (χ2v) is 5.45. The molecule has 1 atom stereocenters. The molecule has 0 saturated heterocycles. The van der Waals surface area contributed by atoms with Crippen LogP contribution in [0.4, 0.5) is 0 Å². The van der Waals surface area contributed by atoms with Crippen LogP contribution in [0.1, 0.15) is 65.0 Å². The van der Waals surface area contributed by atoms with Crippen molar-refractivity contribution in [2.75, 3.05) is 0 Å². The Morgan fingerprint density at radius 3 is 2.69 bits per heavy atom. The van der Waals surface area contributed by atoms with Crippen molar-refractivity contribution in [2.24, 2.45) is 0 Å². The van der Waals surface area contributed by atoms with Crippen LogP contribution in [0.3, 0.4) is 0 Å². The van der Waals surface area contributed by atoms with Crippen LogP contribution in [0.2, 0.25) is 0 Å². The van der Waals surface area contributed by atoms with Crippen molar-refractivity contribution in [3.63, 3.8) is 0 Å². The van der Waals surface area contributed by atoms with Crippen LogP contribution in [0.15, 0.2) is 10.6 Å². The lowest BCUT2D eigenvalue weighted by molar-refractivity contribution is 0.362. The molecule has 0 radical (unpaired) electrons. The smallest absolute Gasteiger partial charge is 0.208 e. The summed E-state index contributed by atoms with van der Waals surface area (Å²) in [6.07, 6.45) is 4.19. The lowest BCUT2D eigenvalue weighted by Gasteiger charge is -2.19. The molecule has 16 heavy (non-hydrogen) atoms. The van der Waals surface area contributed by atoms with Crippen LogP contribution in [-0.2, 0) is 6.54 Å². The maximum atomic E-state index is 5.72. The lowest BCUT2D eigenvalue weighted by Crippen LogP contribution is -2.35. The molecule has 0 aliphatic carbocycles. The molecule has 0 saturated carbocycles. The highest BCUT2D eigenvalue weighted by molar-refractivity contribution is 5.00. The van der Waals surface area contributed by atoms with Crippen molar-refractivity contribution in [1.29, 1.82) is 0 Å². The number of hydrogen-bond donors (Lipinski definition) is 1. The van der Waals surface area contributed by atoms with Gasteiger partial charge in [0.1, 0.15) is 5.76 Å². The highest BCUT2D eigenvalue weighted by atomic mass is 16.4. The maximum Gasteiger partial charge on any atom is 0.208 e. The van der Waals surface area contributed by atoms with E-state index in [0.717, 1.165) is 18.1 Å². The zero-order chi connectivity index (χ0) is 12.2. The maximum absolute atomic E-state index is 5.72. The van der Waals surface area contributed by atoms with Crippen molar-refractivity contribution in [3.05, 3.63) is 17.8 Å². The van der Waals surface area contributed by atoms with Gasteiger partial charge in [-0.2, -0.15) is 0 Å². The predicted molar refractivity (Wildman–Crippen MR) is 66.4 cm³/mol. The first-order valence-electron chi connectivity index (χ1n) is 6.12. The third kappa shape index (κ3) is 4.35. The molecule has 1 N–H and O–H groups in total. The summed E-state index contributed by atoms with van der Waals surface area (Å²) in [7, 11) is 0. The zero-order valence-corrected chi connectivity index (χ0v) is 11.1. The Hall–Kier alpha value is -0.830. The monoisotopic (exact) mass is 224 g/mol. The average molecular weight is 224 g/mol. The first kappa shape index (κ1) is 13.2. The average Bonchev–Trinajstić information content (AvgIpc) is 2.62. The van der Waals surface area contributed by atoms with Crippen molar-refractivity contribution < 1.29 is 4.42 Å². The summed E-state index contributed by atoms with van der Waals surface area (Å²) < 4.78 is 5.72. The number of aromatic nitrogens is 1. The van der Waals surface area contributed by atoms with Crippen molar-refractivity contribution >= 4 is 0 Å². The Balaban J connectivity index is 2.51. The second kappa shape index (κ2) is 5.48. The van der Waals surface area contributed by atoms with E-state index >= 15 is 0 Å². The standard InChI is InChI=1S/C13H24N2O/c1-6-7-10(2)11-8-14-12(16-11)9-15-13(3,4)5/h8,10,15H,6-7,9H2,1-5H3. The van der Waals surface area contributed by atoms with E-state index in [1.807, 2.05) is 6.20 Å². The first-order chi connectivity index (χ1) is 7.42. The minimum atomic E-state index is 0.101. The summed E-state index contributed by atoms with van der Waals surface area (Å²) in [6, 6.07) is 0. The van der Waals surface area contributed by atoms with Crippen LogP contribution >= 0.6 is 0 Å². The van der Waals surface area contributed by atoms with Gasteiger partial charge in [0.15, 0.2) is 0 Å². The van der Waals surface area contributed by atoms with Crippen molar-refractivity contribution in [1.82, 2.24) is 10.3 Å². The summed E-state index contributed by atoms with van der Waals surface area (Å²) in [5.41, 5.74) is 0.101. The van der Waals surface area contributed by atoms with Gasteiger partial charge in [0.05, 0.1) is 12.7 Å². The SMILES string of the molecule is CCCC(C)c1cnc(CNC(C)(C)C)o1. The minimum absolute atomic E-state index is 0.101. The van der Waals surface area contributed by atoms with E-state index in [-0.39, 0.29) is 5.54 Å². The van der Waals surface area contributed by atoms with Gasteiger partial charge in [0.25, 0.3) is 0 Å². The number of nitrogens with zero attached hydrogens (tertiary/aromatic N) is 1. The molecule has 1 aromatic rings. The third-order valence-electron chi connectivity index (χ3n) is 2.55. The van der Waals surface area contributed by atoms with E-state index in [9.17, 15) is 0 Å². The molecule has 0 spiro atoms. The van der Waals surface area contributed by atoms with Crippen molar-refractivity contribution in [3.8, 4) is 0 Å². The minimum Gasteiger partial charge on any atom is -0.444 e. The van der Waals surface area contributed by atoms with Crippen molar-refractivity contribution in [2.45, 2.75) is 65.5 Å². The Kier molecular flexibility index (Phi) is 4.54. The van der Waals surface area contributed by atoms with Gasteiger partial charge in [-0.3, -0.25) is 0 Å². The van der Waals surface area contributed by atoms with Gasteiger partial charge >= 0.3 is 0 Å². The molecule has 0 bridgehead atoms. The van der Waals surface area contributed by atoms with E-state index < -0.39 is 0 Å². The number of rotatable bonds is 5. The molecule has 0 amide bonds. The zero-order valence-electron chi connectivity index (χ0n) is 11.1. The highest BCUT2D eigenvalue weighted by Crippen LogP contribution is 2.21. The molecule has 92 valence electrons. The number of nitrogens with one attached hydrogen (secondary N) is 1. The van der Waals surface area contributed by atoms with Gasteiger partial charge < -0.3 is 9.73 Å². The predicted octanol–water partition coefficient (Wildman–Crippen LogP) is 3.47. The van der Waals surface area contributed by atoms with Crippen LogP contribution in [-0.4, -0.2) is 10.5 Å². The summed E-state index contributed by atoms with van der Waals surface area (Å²) in [5, 5.41) is 3.37. The fraction of sp³-hybridized carbons (Fsp3) is 0.769. The molecule has 3 nitrogen and oxygen atoms in total. The normalized spacial score (nSPS) is 14.1. The molecule has 0 aliphatic rings. The van der Waals surface area contributed by atoms with E-state index in [4.69, 9.17) is 4.42 Å². The highest BCUT2D eigenvalue weighted by Gasteiger charge is 2.13. The summed E-state index contributed by atoms with van der Waals surface area (Å²) in [6.45, 7) is 11.5. The summed E-state index contributed by atoms with van der Waals surface area (Å²) >= 11 is 0. The summed E-state index contributed by atoms with van der Waals surface area (Å²) in [5.74, 6) is 2.27. The largest absolute Gasteiger partial charge is 0.444 e. The van der Waals surface area contributed by atoms with Crippen LogP contribution in [0.5, 0.6) is 0 Å².